The Kier molecular flexibility index (Phi) is 4.66. The second-order valence-corrected chi connectivity index (χ2v) is 4.67. The van der Waals surface area contributed by atoms with E-state index in [4.69, 9.17) is 5.73 Å². The molecule has 1 aromatic rings. The maximum Gasteiger partial charge on any atom is 0.334 e. The van der Waals surface area contributed by atoms with Gasteiger partial charge in [-0.1, -0.05) is 20.8 Å². The molecule has 1 heterocycles. The number of anilines is 1. The van der Waals surface area contributed by atoms with Gasteiger partial charge in [0.25, 0.3) is 0 Å². The fraction of sp³-hybridized carbons (Fsp3) is 0.727. The van der Waals surface area contributed by atoms with Crippen LogP contribution in [0.4, 0.5) is 11.5 Å². The van der Waals surface area contributed by atoms with Gasteiger partial charge in [0, 0.05) is 25.6 Å². The van der Waals surface area contributed by atoms with Gasteiger partial charge in [-0.25, -0.2) is 4.68 Å². The van der Waals surface area contributed by atoms with Crippen LogP contribution in [-0.2, 0) is 7.05 Å². The summed E-state index contributed by atoms with van der Waals surface area (Å²) in [5, 5.41) is 18.4. The van der Waals surface area contributed by atoms with Crippen LogP contribution in [0.3, 0.4) is 0 Å². The van der Waals surface area contributed by atoms with Gasteiger partial charge in [0.1, 0.15) is 5.69 Å². The maximum atomic E-state index is 11.2. The zero-order chi connectivity index (χ0) is 13.9. The second-order valence-electron chi connectivity index (χ2n) is 4.67. The van der Waals surface area contributed by atoms with Crippen LogP contribution in [0.1, 0.15) is 38.8 Å². The monoisotopic (exact) mass is 255 g/mol. The van der Waals surface area contributed by atoms with E-state index in [1.165, 1.54) is 4.68 Å². The molecule has 0 spiro atoms. The quantitative estimate of drug-likeness (QED) is 0.594. The highest BCUT2D eigenvalue weighted by molar-refractivity contribution is 5.60. The predicted molar refractivity (Wildman–Crippen MR) is 70.7 cm³/mol. The first-order valence-electron chi connectivity index (χ1n) is 6.09. The van der Waals surface area contributed by atoms with E-state index in [9.17, 15) is 10.1 Å². The molecule has 1 atom stereocenters. The molecular weight excluding hydrogens is 234 g/mol. The molecule has 0 amide bonds. The van der Waals surface area contributed by atoms with Crippen molar-refractivity contribution in [2.45, 2.75) is 39.2 Å². The molecule has 1 unspecified atom stereocenters. The number of aryl methyl sites for hydroxylation is 1. The van der Waals surface area contributed by atoms with Crippen LogP contribution in [0.2, 0.25) is 0 Å². The van der Waals surface area contributed by atoms with Crippen LogP contribution in [0.5, 0.6) is 0 Å². The van der Waals surface area contributed by atoms with Crippen LogP contribution in [-0.4, -0.2) is 27.3 Å². The predicted octanol–water partition coefficient (Wildman–Crippen LogP) is 1.60. The van der Waals surface area contributed by atoms with Crippen molar-refractivity contribution in [2.75, 3.05) is 11.9 Å². The number of aromatic nitrogens is 2. The van der Waals surface area contributed by atoms with Gasteiger partial charge in [-0.05, 0) is 6.42 Å². The maximum absolute atomic E-state index is 11.2. The van der Waals surface area contributed by atoms with E-state index < -0.39 is 0 Å². The number of hydrogen-bond acceptors (Lipinski definition) is 5. The van der Waals surface area contributed by atoms with E-state index >= 15 is 0 Å². The third kappa shape index (κ3) is 2.98. The van der Waals surface area contributed by atoms with E-state index in [1.54, 1.807) is 7.05 Å². The number of hydrogen-bond donors (Lipinski definition) is 2. The van der Waals surface area contributed by atoms with Gasteiger partial charge in [-0.2, -0.15) is 5.10 Å². The van der Waals surface area contributed by atoms with E-state index in [0.717, 1.165) is 6.42 Å². The molecule has 0 aliphatic heterocycles. The molecule has 3 N–H and O–H groups in total. The van der Waals surface area contributed by atoms with Crippen molar-refractivity contribution >= 4 is 11.5 Å². The van der Waals surface area contributed by atoms with Crippen molar-refractivity contribution in [2.24, 2.45) is 12.8 Å². The molecule has 1 aromatic heterocycles. The lowest BCUT2D eigenvalue weighted by Crippen LogP contribution is -2.28. The second kappa shape index (κ2) is 5.81. The van der Waals surface area contributed by atoms with Crippen LogP contribution in [0.15, 0.2) is 0 Å². The molecule has 0 radical (unpaired) electrons. The van der Waals surface area contributed by atoms with Crippen molar-refractivity contribution in [3.63, 3.8) is 0 Å². The first kappa shape index (κ1) is 14.4. The van der Waals surface area contributed by atoms with Crippen molar-refractivity contribution in [3.8, 4) is 0 Å². The van der Waals surface area contributed by atoms with Gasteiger partial charge in [0.05, 0.1) is 4.92 Å². The minimum atomic E-state index is -0.387. The van der Waals surface area contributed by atoms with Crippen LogP contribution < -0.4 is 11.1 Å². The van der Waals surface area contributed by atoms with Crippen LogP contribution in [0, 0.1) is 10.1 Å². The molecule has 18 heavy (non-hydrogen) atoms. The summed E-state index contributed by atoms with van der Waals surface area (Å²) in [4.78, 5) is 10.8. The summed E-state index contributed by atoms with van der Waals surface area (Å²) >= 11 is 0. The normalized spacial score (nSPS) is 12.8. The third-order valence-corrected chi connectivity index (χ3v) is 2.83. The minimum absolute atomic E-state index is 0.00648. The highest BCUT2D eigenvalue weighted by atomic mass is 16.6. The first-order valence-corrected chi connectivity index (χ1v) is 6.09. The van der Waals surface area contributed by atoms with Gasteiger partial charge < -0.3 is 11.1 Å². The summed E-state index contributed by atoms with van der Waals surface area (Å²) in [7, 11) is 1.69. The minimum Gasteiger partial charge on any atom is -0.363 e. The van der Waals surface area contributed by atoms with Crippen molar-refractivity contribution in [1.82, 2.24) is 9.78 Å². The summed E-state index contributed by atoms with van der Waals surface area (Å²) in [6, 6.07) is -0.0259. The molecule has 0 fully saturated rings. The summed E-state index contributed by atoms with van der Waals surface area (Å²) in [6.07, 6.45) is 0.815. The van der Waals surface area contributed by atoms with Crippen molar-refractivity contribution in [1.29, 1.82) is 0 Å². The fourth-order valence-electron chi connectivity index (χ4n) is 1.67. The van der Waals surface area contributed by atoms with E-state index in [-0.39, 0.29) is 22.6 Å². The smallest absolute Gasteiger partial charge is 0.334 e. The summed E-state index contributed by atoms with van der Waals surface area (Å²) in [5.74, 6) is 0.430. The Morgan fingerprint density at radius 1 is 1.56 bits per heavy atom. The topological polar surface area (TPSA) is 99.0 Å². The molecule has 0 saturated heterocycles. The molecule has 0 aliphatic rings. The lowest BCUT2D eigenvalue weighted by molar-refractivity contribution is -0.384. The number of nitrogens with one attached hydrogen (secondary N) is 1. The van der Waals surface area contributed by atoms with Gasteiger partial charge in [-0.3, -0.25) is 10.1 Å². The Labute approximate surface area is 107 Å². The lowest BCUT2D eigenvalue weighted by Gasteiger charge is -2.10. The molecule has 0 aromatic carbocycles. The van der Waals surface area contributed by atoms with Gasteiger partial charge in [0.2, 0.25) is 5.82 Å². The molecule has 102 valence electrons. The fourth-order valence-corrected chi connectivity index (χ4v) is 1.67. The van der Waals surface area contributed by atoms with Crippen molar-refractivity contribution in [3.05, 3.63) is 15.8 Å². The molecule has 0 aliphatic carbocycles. The van der Waals surface area contributed by atoms with E-state index in [1.807, 2.05) is 20.8 Å². The van der Waals surface area contributed by atoms with Crippen LogP contribution >= 0.6 is 0 Å². The molecule has 7 nitrogen and oxygen atoms in total. The Morgan fingerprint density at radius 3 is 2.61 bits per heavy atom. The van der Waals surface area contributed by atoms with Gasteiger partial charge >= 0.3 is 5.69 Å². The number of nitro groups is 1. The lowest BCUT2D eigenvalue weighted by atomic mass is 10.1. The average Bonchev–Trinajstić information content (AvgIpc) is 2.63. The molecule has 7 heteroatoms. The zero-order valence-corrected chi connectivity index (χ0v) is 11.3. The molecule has 0 saturated carbocycles. The van der Waals surface area contributed by atoms with Gasteiger partial charge in [-0.15, -0.1) is 0 Å². The Balaban J connectivity index is 3.06. The number of nitrogens with zero attached hydrogens (tertiary/aromatic N) is 3. The highest BCUT2D eigenvalue weighted by Crippen LogP contribution is 2.32. The standard InChI is InChI=1S/C11H21N5O2/c1-5-8(12)6-13-11-10(16(17)18)9(7(2)3)14-15(11)4/h7-8,13H,5-6,12H2,1-4H3. The Morgan fingerprint density at radius 2 is 2.17 bits per heavy atom. The first-order chi connectivity index (χ1) is 8.38. The Bertz CT molecular complexity index is 427. The van der Waals surface area contributed by atoms with E-state index in [2.05, 4.69) is 10.4 Å². The molecule has 1 rings (SSSR count). The zero-order valence-electron chi connectivity index (χ0n) is 11.3. The summed E-state index contributed by atoms with van der Waals surface area (Å²) < 4.78 is 1.51. The van der Waals surface area contributed by atoms with Crippen LogP contribution in [0.25, 0.3) is 0 Å². The Hall–Kier alpha value is -1.63. The SMILES string of the molecule is CCC(N)CNc1c([N+](=O)[O-])c(C(C)C)nn1C. The van der Waals surface area contributed by atoms with E-state index in [0.29, 0.717) is 18.1 Å². The molecular formula is C11H21N5O2. The number of nitrogens with two attached hydrogens (primary N) is 1. The average molecular weight is 255 g/mol. The molecule has 0 bridgehead atoms. The largest absolute Gasteiger partial charge is 0.363 e. The van der Waals surface area contributed by atoms with Gasteiger partial charge in [0.15, 0.2) is 0 Å². The highest BCUT2D eigenvalue weighted by Gasteiger charge is 2.28. The number of rotatable bonds is 6. The third-order valence-electron chi connectivity index (χ3n) is 2.83. The van der Waals surface area contributed by atoms with Crippen molar-refractivity contribution < 1.29 is 4.92 Å². The summed E-state index contributed by atoms with van der Waals surface area (Å²) in [5.41, 5.74) is 6.35. The summed E-state index contributed by atoms with van der Waals surface area (Å²) in [6.45, 7) is 6.24.